The minimum atomic E-state index is -0.449. The fraction of sp³-hybridized carbons (Fsp3) is 0.462. The number of carbonyl (C=O) groups excluding carboxylic acids is 1. The average Bonchev–Trinajstić information content (AvgIpc) is 2.40. The Bertz CT molecular complexity index is 430. The Kier molecular flexibility index (Phi) is 4.15. The van der Waals surface area contributed by atoms with E-state index in [0.717, 1.165) is 5.56 Å². The number of rotatable bonds is 3. The fourth-order valence-electron chi connectivity index (χ4n) is 1.76. The molecule has 0 aromatic heterocycles. The minimum Gasteiger partial charge on any atom is -0.481 e. The summed E-state index contributed by atoms with van der Waals surface area (Å²) in [6.07, 6.45) is 0. The van der Waals surface area contributed by atoms with Gasteiger partial charge in [-0.3, -0.25) is 4.79 Å². The van der Waals surface area contributed by atoms with E-state index >= 15 is 0 Å². The maximum Gasteiger partial charge on any atom is 0.260 e. The summed E-state index contributed by atoms with van der Waals surface area (Å²) in [6.45, 7) is 3.93. The SMILES string of the molecule is Cc1ccc(F)c(OCC(=O)N2CCOCC2)c1. The molecule has 18 heavy (non-hydrogen) atoms. The molecule has 1 aromatic rings. The maximum atomic E-state index is 13.4. The summed E-state index contributed by atoms with van der Waals surface area (Å²) >= 11 is 0. The van der Waals surface area contributed by atoms with Crippen molar-refractivity contribution in [3.63, 3.8) is 0 Å². The third kappa shape index (κ3) is 3.20. The first-order valence-corrected chi connectivity index (χ1v) is 5.91. The fourth-order valence-corrected chi connectivity index (χ4v) is 1.76. The van der Waals surface area contributed by atoms with Crippen molar-refractivity contribution in [3.05, 3.63) is 29.6 Å². The van der Waals surface area contributed by atoms with Crippen LogP contribution in [0.2, 0.25) is 0 Å². The molecule has 0 bridgehead atoms. The van der Waals surface area contributed by atoms with Gasteiger partial charge in [-0.15, -0.1) is 0 Å². The molecule has 1 aliphatic heterocycles. The van der Waals surface area contributed by atoms with Crippen LogP contribution in [0.1, 0.15) is 5.56 Å². The van der Waals surface area contributed by atoms with Gasteiger partial charge in [-0.1, -0.05) is 6.07 Å². The molecule has 1 aromatic carbocycles. The zero-order valence-electron chi connectivity index (χ0n) is 10.3. The molecule has 1 amide bonds. The van der Waals surface area contributed by atoms with Gasteiger partial charge < -0.3 is 14.4 Å². The zero-order valence-corrected chi connectivity index (χ0v) is 10.3. The number of nitrogens with zero attached hydrogens (tertiary/aromatic N) is 1. The first kappa shape index (κ1) is 12.8. The van der Waals surface area contributed by atoms with Crippen LogP contribution in [0.15, 0.2) is 18.2 Å². The van der Waals surface area contributed by atoms with Crippen LogP contribution in [0.3, 0.4) is 0 Å². The van der Waals surface area contributed by atoms with E-state index in [4.69, 9.17) is 9.47 Å². The Morgan fingerprint density at radius 3 is 2.89 bits per heavy atom. The summed E-state index contributed by atoms with van der Waals surface area (Å²) in [6, 6.07) is 4.58. The van der Waals surface area contributed by atoms with E-state index in [1.54, 1.807) is 17.0 Å². The normalized spacial score (nSPS) is 15.6. The lowest BCUT2D eigenvalue weighted by Gasteiger charge is -2.26. The van der Waals surface area contributed by atoms with Gasteiger partial charge >= 0.3 is 0 Å². The van der Waals surface area contributed by atoms with Gasteiger partial charge in [0.15, 0.2) is 18.2 Å². The Hall–Kier alpha value is -1.62. The topological polar surface area (TPSA) is 38.8 Å². The van der Waals surface area contributed by atoms with Crippen molar-refractivity contribution in [2.75, 3.05) is 32.9 Å². The quantitative estimate of drug-likeness (QED) is 0.816. The van der Waals surface area contributed by atoms with Crippen molar-refractivity contribution in [2.24, 2.45) is 0 Å². The second-order valence-electron chi connectivity index (χ2n) is 4.22. The second kappa shape index (κ2) is 5.82. The van der Waals surface area contributed by atoms with Crippen LogP contribution in [0.5, 0.6) is 5.75 Å². The van der Waals surface area contributed by atoms with Crippen LogP contribution in [-0.2, 0) is 9.53 Å². The molecule has 0 atom stereocenters. The number of amides is 1. The van der Waals surface area contributed by atoms with Crippen molar-refractivity contribution in [3.8, 4) is 5.75 Å². The first-order chi connectivity index (χ1) is 8.66. The van der Waals surface area contributed by atoms with Crippen molar-refractivity contribution < 1.29 is 18.7 Å². The minimum absolute atomic E-state index is 0.122. The molecule has 0 saturated carbocycles. The number of halogens is 1. The first-order valence-electron chi connectivity index (χ1n) is 5.91. The second-order valence-corrected chi connectivity index (χ2v) is 4.22. The molecule has 98 valence electrons. The van der Waals surface area contributed by atoms with Crippen LogP contribution in [0.4, 0.5) is 4.39 Å². The van der Waals surface area contributed by atoms with Crippen LogP contribution >= 0.6 is 0 Å². The smallest absolute Gasteiger partial charge is 0.260 e. The number of morpholine rings is 1. The molecule has 4 nitrogen and oxygen atoms in total. The van der Waals surface area contributed by atoms with Gasteiger partial charge in [-0.2, -0.15) is 0 Å². The molecule has 1 saturated heterocycles. The Morgan fingerprint density at radius 1 is 1.44 bits per heavy atom. The molecule has 1 heterocycles. The molecule has 0 spiro atoms. The summed E-state index contributed by atoms with van der Waals surface area (Å²) in [5.41, 5.74) is 0.894. The van der Waals surface area contributed by atoms with Crippen LogP contribution in [-0.4, -0.2) is 43.7 Å². The van der Waals surface area contributed by atoms with Gasteiger partial charge in [0.2, 0.25) is 0 Å². The van der Waals surface area contributed by atoms with E-state index in [0.29, 0.717) is 26.3 Å². The molecular formula is C13H16FNO3. The average molecular weight is 253 g/mol. The predicted octanol–water partition coefficient (Wildman–Crippen LogP) is 1.37. The predicted molar refractivity (Wildman–Crippen MR) is 64.0 cm³/mol. The zero-order chi connectivity index (χ0) is 13.0. The number of benzene rings is 1. The van der Waals surface area contributed by atoms with E-state index < -0.39 is 5.82 Å². The van der Waals surface area contributed by atoms with E-state index in [2.05, 4.69) is 0 Å². The summed E-state index contributed by atoms with van der Waals surface area (Å²) in [5.74, 6) is -0.466. The van der Waals surface area contributed by atoms with Crippen molar-refractivity contribution in [1.29, 1.82) is 0 Å². The van der Waals surface area contributed by atoms with Crippen molar-refractivity contribution in [1.82, 2.24) is 4.90 Å². The number of carbonyl (C=O) groups is 1. The van der Waals surface area contributed by atoms with Gasteiger partial charge in [-0.25, -0.2) is 4.39 Å². The van der Waals surface area contributed by atoms with E-state index in [1.165, 1.54) is 6.07 Å². The Balaban J connectivity index is 1.90. The third-order valence-corrected chi connectivity index (χ3v) is 2.80. The van der Waals surface area contributed by atoms with Crippen LogP contribution < -0.4 is 4.74 Å². The van der Waals surface area contributed by atoms with Crippen LogP contribution in [0, 0.1) is 12.7 Å². The molecule has 0 aliphatic carbocycles. The highest BCUT2D eigenvalue weighted by Gasteiger charge is 2.17. The van der Waals surface area contributed by atoms with E-state index in [1.807, 2.05) is 6.92 Å². The third-order valence-electron chi connectivity index (χ3n) is 2.80. The monoisotopic (exact) mass is 253 g/mol. The Morgan fingerprint density at radius 2 is 2.17 bits per heavy atom. The van der Waals surface area contributed by atoms with Crippen molar-refractivity contribution in [2.45, 2.75) is 6.92 Å². The number of ether oxygens (including phenoxy) is 2. The molecule has 2 rings (SSSR count). The van der Waals surface area contributed by atoms with Gasteiger partial charge in [-0.05, 0) is 24.6 Å². The van der Waals surface area contributed by atoms with E-state index in [-0.39, 0.29) is 18.3 Å². The summed E-state index contributed by atoms with van der Waals surface area (Å²) in [7, 11) is 0. The summed E-state index contributed by atoms with van der Waals surface area (Å²) in [4.78, 5) is 13.5. The van der Waals surface area contributed by atoms with Gasteiger partial charge in [0, 0.05) is 13.1 Å². The Labute approximate surface area is 105 Å². The molecule has 0 N–H and O–H groups in total. The van der Waals surface area contributed by atoms with Crippen LogP contribution in [0.25, 0.3) is 0 Å². The summed E-state index contributed by atoms with van der Waals surface area (Å²) in [5, 5.41) is 0. The highest BCUT2D eigenvalue weighted by Crippen LogP contribution is 2.18. The number of aryl methyl sites for hydroxylation is 1. The van der Waals surface area contributed by atoms with Gasteiger partial charge in [0.05, 0.1) is 13.2 Å². The largest absolute Gasteiger partial charge is 0.481 e. The summed E-state index contributed by atoms with van der Waals surface area (Å²) < 4.78 is 23.8. The molecule has 1 aliphatic rings. The van der Waals surface area contributed by atoms with E-state index in [9.17, 15) is 9.18 Å². The maximum absolute atomic E-state index is 13.4. The van der Waals surface area contributed by atoms with Gasteiger partial charge in [0.1, 0.15) is 0 Å². The van der Waals surface area contributed by atoms with Crippen molar-refractivity contribution >= 4 is 5.91 Å². The number of hydrogen-bond acceptors (Lipinski definition) is 3. The lowest BCUT2D eigenvalue weighted by Crippen LogP contribution is -2.43. The molecule has 0 radical (unpaired) electrons. The highest BCUT2D eigenvalue weighted by molar-refractivity contribution is 5.77. The number of hydrogen-bond donors (Lipinski definition) is 0. The molecule has 1 fully saturated rings. The standard InChI is InChI=1S/C13H16FNO3/c1-10-2-3-11(14)12(8-10)18-9-13(16)15-4-6-17-7-5-15/h2-3,8H,4-7,9H2,1H3. The van der Waals surface area contributed by atoms with Gasteiger partial charge in [0.25, 0.3) is 5.91 Å². The molecular weight excluding hydrogens is 237 g/mol. The lowest BCUT2D eigenvalue weighted by molar-refractivity contribution is -0.137. The molecule has 0 unspecified atom stereocenters. The molecule has 5 heteroatoms. The highest BCUT2D eigenvalue weighted by atomic mass is 19.1. The lowest BCUT2D eigenvalue weighted by atomic mass is 10.2.